The number of esters is 1. The van der Waals surface area contributed by atoms with Crippen LogP contribution in [0, 0.1) is 0 Å². The Morgan fingerprint density at radius 1 is 1.38 bits per heavy atom. The van der Waals surface area contributed by atoms with Crippen molar-refractivity contribution in [2.45, 2.75) is 51.2 Å². The van der Waals surface area contributed by atoms with Gasteiger partial charge in [-0.25, -0.2) is 4.79 Å². The molecule has 0 saturated carbocycles. The monoisotopic (exact) mass is 361 g/mol. The van der Waals surface area contributed by atoms with Gasteiger partial charge in [-0.1, -0.05) is 25.1 Å². The minimum absolute atomic E-state index is 0.104. The maximum Gasteiger partial charge on any atom is 0.381 e. The molecule has 0 heterocycles. The first-order valence-electron chi connectivity index (χ1n) is 7.81. The van der Waals surface area contributed by atoms with E-state index in [0.717, 1.165) is 0 Å². The summed E-state index contributed by atoms with van der Waals surface area (Å²) >= 11 is -1.24. The maximum absolute atomic E-state index is 14.1. The fraction of sp³-hybridized carbons (Fsp3) is 0.588. The minimum Gasteiger partial charge on any atom is -0.598 e. The van der Waals surface area contributed by atoms with Crippen LogP contribution in [0.15, 0.2) is 24.3 Å². The Bertz CT molecular complexity index is 561. The van der Waals surface area contributed by atoms with Crippen LogP contribution in [0.25, 0.3) is 0 Å². The van der Waals surface area contributed by atoms with E-state index in [9.17, 15) is 18.1 Å². The molecule has 0 spiro atoms. The van der Waals surface area contributed by atoms with Crippen LogP contribution in [-0.2, 0) is 26.8 Å². The van der Waals surface area contributed by atoms with Gasteiger partial charge in [0.05, 0.1) is 6.61 Å². The topological polar surface area (TPSA) is 61.4 Å². The van der Waals surface area contributed by atoms with Crippen LogP contribution < -0.4 is 4.72 Å². The number of carbonyl (C=O) groups is 1. The average molecular weight is 361 g/mol. The first-order valence-corrected chi connectivity index (χ1v) is 8.96. The molecule has 0 aliphatic rings. The van der Waals surface area contributed by atoms with Crippen LogP contribution in [0.5, 0.6) is 0 Å². The summed E-state index contributed by atoms with van der Waals surface area (Å²) in [6.45, 7) is 9.14. The second-order valence-electron chi connectivity index (χ2n) is 6.55. The van der Waals surface area contributed by atoms with Crippen molar-refractivity contribution in [3.05, 3.63) is 35.4 Å². The quantitative estimate of drug-likeness (QED) is 0.596. The molecule has 24 heavy (non-hydrogen) atoms. The molecule has 1 aromatic rings. The van der Waals surface area contributed by atoms with Crippen LogP contribution in [-0.4, -0.2) is 28.4 Å². The van der Waals surface area contributed by atoms with Gasteiger partial charge in [0.15, 0.2) is 0 Å². The second kappa shape index (κ2) is 8.27. The number of nitrogens with one attached hydrogen (secondary N) is 1. The third kappa shape index (κ3) is 5.43. The van der Waals surface area contributed by atoms with E-state index < -0.39 is 33.6 Å². The zero-order chi connectivity index (χ0) is 18.5. The molecule has 0 aromatic heterocycles. The Morgan fingerprint density at radius 3 is 2.54 bits per heavy atom. The molecule has 0 fully saturated rings. The second-order valence-corrected chi connectivity index (χ2v) is 8.60. The normalized spacial score (nSPS) is 15.0. The molecular weight excluding hydrogens is 336 g/mol. The van der Waals surface area contributed by atoms with Gasteiger partial charge in [0, 0.05) is 23.5 Å². The van der Waals surface area contributed by atoms with Crippen LogP contribution in [0.4, 0.5) is 8.78 Å². The SMILES string of the molecule is CCOC(=O)C(F)(F)c1cccc(C(C)CN[S@+]([O-])C(C)(C)C)c1. The summed E-state index contributed by atoms with van der Waals surface area (Å²) in [6, 6.07) is 5.68. The van der Waals surface area contributed by atoms with Gasteiger partial charge in [0.2, 0.25) is 0 Å². The van der Waals surface area contributed by atoms with Crippen molar-refractivity contribution < 1.29 is 22.9 Å². The molecule has 136 valence electrons. The highest BCUT2D eigenvalue weighted by atomic mass is 32.2. The predicted molar refractivity (Wildman–Crippen MR) is 91.3 cm³/mol. The summed E-state index contributed by atoms with van der Waals surface area (Å²) in [5.74, 6) is -5.39. The van der Waals surface area contributed by atoms with Crippen molar-refractivity contribution in [2.24, 2.45) is 0 Å². The van der Waals surface area contributed by atoms with Gasteiger partial charge in [0.1, 0.15) is 4.75 Å². The number of ether oxygens (including phenoxy) is 1. The zero-order valence-corrected chi connectivity index (χ0v) is 15.5. The van der Waals surface area contributed by atoms with Crippen LogP contribution in [0.1, 0.15) is 51.7 Å². The first-order chi connectivity index (χ1) is 11.0. The summed E-state index contributed by atoms with van der Waals surface area (Å²) in [5, 5.41) is 0. The summed E-state index contributed by atoms with van der Waals surface area (Å²) in [5.41, 5.74) is 0.233. The third-order valence-corrected chi connectivity index (χ3v) is 4.97. The summed E-state index contributed by atoms with van der Waals surface area (Å²) in [6.07, 6.45) is 0. The fourth-order valence-electron chi connectivity index (χ4n) is 1.92. The first kappa shape index (κ1) is 20.9. The molecule has 2 atom stereocenters. The lowest BCUT2D eigenvalue weighted by Gasteiger charge is -2.25. The lowest BCUT2D eigenvalue weighted by atomic mass is 9.97. The Labute approximate surface area is 145 Å². The lowest BCUT2D eigenvalue weighted by molar-refractivity contribution is -0.173. The highest BCUT2D eigenvalue weighted by molar-refractivity contribution is 7.90. The molecule has 7 heteroatoms. The number of rotatable bonds is 7. The van der Waals surface area contributed by atoms with Crippen molar-refractivity contribution in [3.63, 3.8) is 0 Å². The molecule has 0 saturated heterocycles. The van der Waals surface area contributed by atoms with Gasteiger partial charge < -0.3 is 9.29 Å². The van der Waals surface area contributed by atoms with E-state index in [4.69, 9.17) is 0 Å². The molecule has 0 radical (unpaired) electrons. The van der Waals surface area contributed by atoms with E-state index in [0.29, 0.717) is 12.1 Å². The highest BCUT2D eigenvalue weighted by Crippen LogP contribution is 2.31. The number of hydrogen-bond donors (Lipinski definition) is 1. The number of benzene rings is 1. The predicted octanol–water partition coefficient (Wildman–Crippen LogP) is 3.50. The van der Waals surface area contributed by atoms with Gasteiger partial charge in [-0.05, 0) is 45.2 Å². The molecule has 4 nitrogen and oxygen atoms in total. The molecule has 1 aromatic carbocycles. The molecule has 0 aliphatic carbocycles. The molecule has 0 aliphatic heterocycles. The van der Waals surface area contributed by atoms with E-state index in [-0.39, 0.29) is 12.5 Å². The van der Waals surface area contributed by atoms with E-state index >= 15 is 0 Å². The van der Waals surface area contributed by atoms with Gasteiger partial charge >= 0.3 is 11.9 Å². The maximum atomic E-state index is 14.1. The van der Waals surface area contributed by atoms with E-state index in [2.05, 4.69) is 9.46 Å². The highest BCUT2D eigenvalue weighted by Gasteiger charge is 2.42. The van der Waals surface area contributed by atoms with Crippen molar-refractivity contribution in [3.8, 4) is 0 Å². The Morgan fingerprint density at radius 2 is 2.00 bits per heavy atom. The standard InChI is InChI=1S/C17H25F2NO3S/c1-6-23-15(21)17(18,19)14-9-7-8-13(10-14)12(2)11-20-24(22)16(3,4)5/h7-10,12,20H,6,11H2,1-5H3/t12?,24-/m1/s1. The zero-order valence-electron chi connectivity index (χ0n) is 14.7. The van der Waals surface area contributed by atoms with E-state index in [1.165, 1.54) is 25.1 Å². The number of hydrogen-bond acceptors (Lipinski definition) is 4. The van der Waals surface area contributed by atoms with Gasteiger partial charge in [0.25, 0.3) is 0 Å². The van der Waals surface area contributed by atoms with Crippen LogP contribution >= 0.6 is 0 Å². The lowest BCUT2D eigenvalue weighted by Crippen LogP contribution is -2.40. The molecule has 0 amide bonds. The van der Waals surface area contributed by atoms with Gasteiger partial charge in [-0.2, -0.15) is 8.78 Å². The molecule has 1 unspecified atom stereocenters. The van der Waals surface area contributed by atoms with Crippen LogP contribution in [0.3, 0.4) is 0 Å². The Kier molecular flexibility index (Phi) is 7.19. The molecule has 1 N–H and O–H groups in total. The summed E-state index contributed by atoms with van der Waals surface area (Å²) in [4.78, 5) is 11.4. The van der Waals surface area contributed by atoms with Gasteiger partial charge in [-0.3, -0.25) is 0 Å². The molecule has 0 bridgehead atoms. The third-order valence-electron chi connectivity index (χ3n) is 3.43. The van der Waals surface area contributed by atoms with Crippen molar-refractivity contribution >= 4 is 17.3 Å². The Hall–Kier alpha value is -1.18. The minimum atomic E-state index is -3.69. The van der Waals surface area contributed by atoms with Crippen molar-refractivity contribution in [1.82, 2.24) is 4.72 Å². The summed E-state index contributed by atoms with van der Waals surface area (Å²) in [7, 11) is 0. The van der Waals surface area contributed by atoms with Crippen molar-refractivity contribution in [2.75, 3.05) is 13.2 Å². The van der Waals surface area contributed by atoms with E-state index in [1.54, 1.807) is 6.07 Å². The molecule has 1 rings (SSSR count). The smallest absolute Gasteiger partial charge is 0.381 e. The number of carbonyl (C=O) groups excluding carboxylic acids is 1. The van der Waals surface area contributed by atoms with Crippen molar-refractivity contribution in [1.29, 1.82) is 0 Å². The van der Waals surface area contributed by atoms with E-state index in [1.807, 2.05) is 27.7 Å². The van der Waals surface area contributed by atoms with Crippen LogP contribution in [0.2, 0.25) is 0 Å². The summed E-state index contributed by atoms with van der Waals surface area (Å²) < 4.78 is 47.2. The fourth-order valence-corrected chi connectivity index (χ4v) is 2.75. The number of halogens is 2. The largest absolute Gasteiger partial charge is 0.598 e. The van der Waals surface area contributed by atoms with Gasteiger partial charge in [-0.15, -0.1) is 4.72 Å². The average Bonchev–Trinajstić information content (AvgIpc) is 2.51. The molecular formula is C17H25F2NO3S. The number of alkyl halides is 2. The Balaban J connectivity index is 2.86.